The van der Waals surface area contributed by atoms with Gasteiger partial charge in [0.1, 0.15) is 5.69 Å². The molecular weight excluding hydrogens is 285 g/mol. The summed E-state index contributed by atoms with van der Waals surface area (Å²) in [6, 6.07) is 0.620. The Morgan fingerprint density at radius 3 is 1.95 bits per heavy atom. The fourth-order valence-electron chi connectivity index (χ4n) is 1.27. The zero-order valence-corrected chi connectivity index (χ0v) is 9.39. The minimum atomic E-state index is -4.79. The second kappa shape index (κ2) is 4.36. The number of aromatic amines is 2. The predicted molar refractivity (Wildman–Crippen MR) is 58.8 cm³/mol. The van der Waals surface area contributed by atoms with Gasteiger partial charge in [-0.15, -0.1) is 13.2 Å². The number of hydrogen-bond donors (Lipinski definition) is 2. The van der Waals surface area contributed by atoms with Crippen LogP contribution in [0.4, 0.5) is 13.2 Å². The van der Waals surface area contributed by atoms with Gasteiger partial charge < -0.3 is 0 Å². The molecule has 2 N–H and O–H groups in total. The van der Waals surface area contributed by atoms with Crippen LogP contribution in [0.1, 0.15) is 0 Å². The Morgan fingerprint density at radius 2 is 1.65 bits per heavy atom. The second-order valence-electron chi connectivity index (χ2n) is 3.59. The van der Waals surface area contributed by atoms with E-state index < -0.39 is 22.1 Å². The van der Waals surface area contributed by atoms with Gasteiger partial charge in [0.15, 0.2) is 0 Å². The maximum atomic E-state index is 11.8. The highest BCUT2D eigenvalue weighted by molar-refractivity contribution is 5.38. The van der Waals surface area contributed by atoms with Crippen molar-refractivity contribution in [3.8, 4) is 5.69 Å². The Kier molecular flexibility index (Phi) is 2.96. The average molecular weight is 290 g/mol. The van der Waals surface area contributed by atoms with Crippen molar-refractivity contribution in [2.45, 2.75) is 6.30 Å². The van der Waals surface area contributed by atoms with E-state index in [0.717, 1.165) is 0 Å². The zero-order valence-electron chi connectivity index (χ0n) is 9.39. The number of nitrogens with one attached hydrogen (secondary N) is 2. The third-order valence-corrected chi connectivity index (χ3v) is 2.21. The summed E-state index contributed by atoms with van der Waals surface area (Å²) in [5, 5.41) is 0. The number of H-pyrrole nitrogens is 2. The minimum absolute atomic E-state index is 0.282. The SMILES string of the molecule is O=c1[nH]c(=O)n2cc1-2.O=c1ccn(C(F)(F)F)c(=O)[nH]1. The first-order valence-electron chi connectivity index (χ1n) is 4.95. The summed E-state index contributed by atoms with van der Waals surface area (Å²) < 4.78 is 36.2. The van der Waals surface area contributed by atoms with Gasteiger partial charge in [-0.2, -0.15) is 0 Å². The third kappa shape index (κ3) is 2.60. The Labute approximate surface area is 105 Å². The molecule has 3 rings (SSSR count). The maximum absolute atomic E-state index is 11.8. The highest BCUT2D eigenvalue weighted by atomic mass is 19.4. The molecule has 0 amide bonds. The van der Waals surface area contributed by atoms with Crippen molar-refractivity contribution >= 4 is 0 Å². The van der Waals surface area contributed by atoms with Gasteiger partial charge in [-0.1, -0.05) is 0 Å². The van der Waals surface area contributed by atoms with Crippen LogP contribution in [-0.2, 0) is 6.30 Å². The predicted octanol–water partition coefficient (Wildman–Crippen LogP) is -1.15. The van der Waals surface area contributed by atoms with Crippen LogP contribution in [0.5, 0.6) is 0 Å². The van der Waals surface area contributed by atoms with Crippen molar-refractivity contribution in [2.24, 2.45) is 0 Å². The van der Waals surface area contributed by atoms with E-state index in [-0.39, 0.29) is 11.2 Å². The van der Waals surface area contributed by atoms with Crippen LogP contribution in [0.25, 0.3) is 5.69 Å². The van der Waals surface area contributed by atoms with Crippen molar-refractivity contribution in [1.29, 1.82) is 0 Å². The van der Waals surface area contributed by atoms with Gasteiger partial charge in [0.2, 0.25) is 0 Å². The van der Waals surface area contributed by atoms with Crippen LogP contribution in [0, 0.1) is 0 Å². The second-order valence-corrected chi connectivity index (χ2v) is 3.59. The maximum Gasteiger partial charge on any atom is 0.492 e. The summed E-state index contributed by atoms with van der Waals surface area (Å²) in [6.45, 7) is 0. The van der Waals surface area contributed by atoms with Crippen molar-refractivity contribution in [1.82, 2.24) is 19.1 Å². The molecule has 3 heterocycles. The largest absolute Gasteiger partial charge is 0.492 e. The molecule has 0 saturated carbocycles. The number of hydrogen-bond acceptors (Lipinski definition) is 4. The van der Waals surface area contributed by atoms with Gasteiger partial charge in [-0.05, 0) is 0 Å². The van der Waals surface area contributed by atoms with Crippen molar-refractivity contribution in [3.63, 3.8) is 0 Å². The molecule has 8 nitrogen and oxygen atoms in total. The summed E-state index contributed by atoms with van der Waals surface area (Å²) in [5.74, 6) is 0. The highest BCUT2D eigenvalue weighted by Crippen LogP contribution is 2.18. The molecule has 2 aliphatic rings. The normalized spacial score (nSPS) is 11.6. The molecule has 2 aliphatic heterocycles. The Balaban J connectivity index is 0.000000157. The molecule has 20 heavy (non-hydrogen) atoms. The molecule has 0 fully saturated rings. The number of alkyl halides is 3. The summed E-state index contributed by atoms with van der Waals surface area (Å²) in [7, 11) is 0. The zero-order chi connectivity index (χ0) is 15.1. The molecular formula is C9H5F3N4O4. The monoisotopic (exact) mass is 290 g/mol. The van der Waals surface area contributed by atoms with Crippen LogP contribution in [0.2, 0.25) is 0 Å². The lowest BCUT2D eigenvalue weighted by atomic mass is 10.6. The number of fused-ring (bicyclic) bond motifs is 1. The summed E-state index contributed by atoms with van der Waals surface area (Å²) in [4.78, 5) is 45.1. The molecule has 0 bridgehead atoms. The topological polar surface area (TPSA) is 110 Å². The molecule has 1 aromatic heterocycles. The lowest BCUT2D eigenvalue weighted by Gasteiger charge is -2.06. The molecule has 0 radical (unpaired) electrons. The van der Waals surface area contributed by atoms with Gasteiger partial charge in [0.25, 0.3) is 11.1 Å². The molecule has 0 saturated heterocycles. The first kappa shape index (κ1) is 13.6. The smallest absolute Gasteiger partial charge is 0.274 e. The quantitative estimate of drug-likeness (QED) is 0.545. The van der Waals surface area contributed by atoms with E-state index in [0.29, 0.717) is 18.0 Å². The number of rotatable bonds is 0. The molecule has 0 atom stereocenters. The molecule has 0 aliphatic carbocycles. The van der Waals surface area contributed by atoms with E-state index >= 15 is 0 Å². The Bertz CT molecular complexity index is 855. The highest BCUT2D eigenvalue weighted by Gasteiger charge is 2.31. The van der Waals surface area contributed by atoms with E-state index in [4.69, 9.17) is 0 Å². The van der Waals surface area contributed by atoms with Crippen molar-refractivity contribution in [3.05, 3.63) is 60.1 Å². The lowest BCUT2D eigenvalue weighted by Crippen LogP contribution is -2.35. The lowest BCUT2D eigenvalue weighted by molar-refractivity contribution is -0.207. The van der Waals surface area contributed by atoms with Gasteiger partial charge >= 0.3 is 17.7 Å². The molecule has 1 aromatic rings. The van der Waals surface area contributed by atoms with Gasteiger partial charge in [-0.3, -0.25) is 24.1 Å². The molecule has 0 spiro atoms. The van der Waals surface area contributed by atoms with Crippen LogP contribution in [-0.4, -0.2) is 19.1 Å². The summed E-state index contributed by atoms with van der Waals surface area (Å²) in [5.41, 5.74) is -2.48. The first-order valence-corrected chi connectivity index (χ1v) is 4.95. The minimum Gasteiger partial charge on any atom is -0.274 e. The number of imidazole rings is 1. The number of aromatic nitrogens is 4. The fourth-order valence-corrected chi connectivity index (χ4v) is 1.27. The van der Waals surface area contributed by atoms with Crippen LogP contribution >= 0.6 is 0 Å². The van der Waals surface area contributed by atoms with E-state index in [1.807, 2.05) is 0 Å². The van der Waals surface area contributed by atoms with Gasteiger partial charge in [0.05, 0.1) is 0 Å². The fraction of sp³-hybridized carbons (Fsp3) is 0.111. The standard InChI is InChI=1S/C5H3F3N2O2.C4H2N2O2/c6-5(7,8)10-2-1-3(11)9-4(10)12;7-3-2-1-6(2)4(8)5-3/h1-2H,(H,9,11,12);1H,(H,5,7,8). The molecule has 0 unspecified atom stereocenters. The summed E-state index contributed by atoms with van der Waals surface area (Å²) >= 11 is 0. The van der Waals surface area contributed by atoms with E-state index in [9.17, 15) is 32.3 Å². The number of nitrogens with zero attached hydrogens (tertiary/aromatic N) is 2. The first-order chi connectivity index (χ1) is 9.20. The molecule has 11 heteroatoms. The average Bonchev–Trinajstić information content (AvgIpc) is 3.02. The van der Waals surface area contributed by atoms with Gasteiger partial charge in [-0.25, -0.2) is 14.2 Å². The number of halogens is 3. The Hall–Kier alpha value is -2.85. The van der Waals surface area contributed by atoms with Crippen molar-refractivity contribution < 1.29 is 13.2 Å². The van der Waals surface area contributed by atoms with Crippen molar-refractivity contribution in [2.75, 3.05) is 0 Å². The Morgan fingerprint density at radius 1 is 1.00 bits per heavy atom. The van der Waals surface area contributed by atoms with E-state index in [1.54, 1.807) is 0 Å². The van der Waals surface area contributed by atoms with Crippen LogP contribution in [0.15, 0.2) is 37.6 Å². The van der Waals surface area contributed by atoms with Crippen LogP contribution < -0.4 is 22.5 Å². The molecule has 106 valence electrons. The van der Waals surface area contributed by atoms with Crippen LogP contribution in [0.3, 0.4) is 0 Å². The summed E-state index contributed by atoms with van der Waals surface area (Å²) in [6.07, 6.45) is -2.91. The van der Waals surface area contributed by atoms with E-state index in [2.05, 4.69) is 4.98 Å². The van der Waals surface area contributed by atoms with E-state index in [1.165, 1.54) is 15.7 Å². The molecule has 0 aromatic carbocycles. The third-order valence-electron chi connectivity index (χ3n) is 2.21. The van der Waals surface area contributed by atoms with Gasteiger partial charge in [0, 0.05) is 18.5 Å².